The molecule has 144 valence electrons. The molecule has 5 heteroatoms. The Morgan fingerprint density at radius 3 is 2.71 bits per heavy atom. The molecule has 5 nitrogen and oxygen atoms in total. The van der Waals surface area contributed by atoms with Crippen LogP contribution in [0.3, 0.4) is 0 Å². The lowest BCUT2D eigenvalue weighted by molar-refractivity contribution is -0.146. The van der Waals surface area contributed by atoms with E-state index in [9.17, 15) is 14.7 Å². The summed E-state index contributed by atoms with van der Waals surface area (Å²) in [5, 5.41) is 12.6. The summed E-state index contributed by atoms with van der Waals surface area (Å²) >= 11 is 0. The minimum absolute atomic E-state index is 0.104. The first-order valence-electron chi connectivity index (χ1n) is 9.46. The molecule has 28 heavy (non-hydrogen) atoms. The van der Waals surface area contributed by atoms with Gasteiger partial charge in [0.05, 0.1) is 18.4 Å². The summed E-state index contributed by atoms with van der Waals surface area (Å²) in [7, 11) is 0. The van der Waals surface area contributed by atoms with Crippen LogP contribution in [0.15, 0.2) is 60.7 Å². The second-order valence-corrected chi connectivity index (χ2v) is 7.81. The standard InChI is InChI=1S/C23H23NO4/c1-15-10-18-14-28-22(27)23(18,12-15)13-16-6-8-19(9-7-16)24-21(26)11-17-4-2-3-5-20(17)25/h2-9,18,25H,1,10-14H2,(H,24,26). The van der Waals surface area contributed by atoms with Gasteiger partial charge in [-0.25, -0.2) is 0 Å². The Labute approximate surface area is 164 Å². The molecule has 0 radical (unpaired) electrons. The first kappa shape index (κ1) is 18.3. The largest absolute Gasteiger partial charge is 0.508 e. The number of allylic oxidation sites excluding steroid dienone is 1. The maximum atomic E-state index is 12.4. The van der Waals surface area contributed by atoms with Crippen LogP contribution in [0.5, 0.6) is 5.75 Å². The van der Waals surface area contributed by atoms with Crippen molar-refractivity contribution in [1.29, 1.82) is 0 Å². The van der Waals surface area contributed by atoms with Crippen LogP contribution < -0.4 is 5.32 Å². The fourth-order valence-electron chi connectivity index (χ4n) is 4.37. The minimum atomic E-state index is -0.479. The number of carbonyl (C=O) groups is 2. The van der Waals surface area contributed by atoms with E-state index in [1.54, 1.807) is 24.3 Å². The van der Waals surface area contributed by atoms with Crippen LogP contribution in [-0.4, -0.2) is 23.6 Å². The number of esters is 1. The number of anilines is 1. The molecular formula is C23H23NO4. The number of fused-ring (bicyclic) bond motifs is 1. The van der Waals surface area contributed by atoms with Crippen LogP contribution in [0.1, 0.15) is 24.0 Å². The van der Waals surface area contributed by atoms with E-state index < -0.39 is 5.41 Å². The number of benzene rings is 2. The van der Waals surface area contributed by atoms with E-state index >= 15 is 0 Å². The van der Waals surface area contributed by atoms with Crippen molar-refractivity contribution in [2.45, 2.75) is 25.7 Å². The molecule has 1 aliphatic carbocycles. The van der Waals surface area contributed by atoms with Crippen LogP contribution in [0.4, 0.5) is 5.69 Å². The van der Waals surface area contributed by atoms with Crippen molar-refractivity contribution in [2.24, 2.45) is 11.3 Å². The molecule has 2 N–H and O–H groups in total. The molecule has 1 saturated heterocycles. The number of aromatic hydroxyl groups is 1. The minimum Gasteiger partial charge on any atom is -0.508 e. The third kappa shape index (κ3) is 3.40. The van der Waals surface area contributed by atoms with E-state index in [0.717, 1.165) is 17.6 Å². The number of hydrogen-bond donors (Lipinski definition) is 2. The quantitative estimate of drug-likeness (QED) is 0.616. The zero-order chi connectivity index (χ0) is 19.7. The Hall–Kier alpha value is -3.08. The average molecular weight is 377 g/mol. The maximum absolute atomic E-state index is 12.4. The highest BCUT2D eigenvalue weighted by molar-refractivity contribution is 5.92. The molecule has 1 heterocycles. The number of amides is 1. The fraction of sp³-hybridized carbons (Fsp3) is 0.304. The van der Waals surface area contributed by atoms with Gasteiger partial charge in [0, 0.05) is 17.2 Å². The van der Waals surface area contributed by atoms with Gasteiger partial charge in [0.25, 0.3) is 0 Å². The number of hydrogen-bond acceptors (Lipinski definition) is 4. The fourth-order valence-corrected chi connectivity index (χ4v) is 4.37. The third-order valence-corrected chi connectivity index (χ3v) is 5.80. The number of phenolic OH excluding ortho intramolecular Hbond substituents is 1. The number of phenols is 1. The first-order chi connectivity index (χ1) is 13.5. The smallest absolute Gasteiger partial charge is 0.313 e. The summed E-state index contributed by atoms with van der Waals surface area (Å²) in [5.74, 6) is 0.0180. The van der Waals surface area contributed by atoms with E-state index in [1.807, 2.05) is 24.3 Å². The van der Waals surface area contributed by atoms with Crippen LogP contribution in [0, 0.1) is 11.3 Å². The van der Waals surface area contributed by atoms with Gasteiger partial charge >= 0.3 is 5.97 Å². The highest BCUT2D eigenvalue weighted by atomic mass is 16.5. The SMILES string of the molecule is C=C1CC2COC(=O)C2(Cc2ccc(NC(=O)Cc3ccccc3O)cc2)C1. The van der Waals surface area contributed by atoms with E-state index in [4.69, 9.17) is 4.74 Å². The molecule has 2 atom stereocenters. The Bertz CT molecular complexity index is 934. The van der Waals surface area contributed by atoms with Crippen molar-refractivity contribution in [3.05, 3.63) is 71.8 Å². The number of rotatable bonds is 5. The first-order valence-corrected chi connectivity index (χ1v) is 9.46. The van der Waals surface area contributed by atoms with Crippen molar-refractivity contribution in [3.8, 4) is 5.75 Å². The van der Waals surface area contributed by atoms with Gasteiger partial charge in [0.15, 0.2) is 0 Å². The lowest BCUT2D eigenvalue weighted by Gasteiger charge is -2.24. The number of nitrogens with one attached hydrogen (secondary N) is 1. The lowest BCUT2D eigenvalue weighted by atomic mass is 9.75. The van der Waals surface area contributed by atoms with Crippen LogP contribution in [0.25, 0.3) is 0 Å². The lowest BCUT2D eigenvalue weighted by Crippen LogP contribution is -2.31. The summed E-state index contributed by atoms with van der Waals surface area (Å²) in [4.78, 5) is 24.6. The Morgan fingerprint density at radius 2 is 1.96 bits per heavy atom. The zero-order valence-corrected chi connectivity index (χ0v) is 15.6. The van der Waals surface area contributed by atoms with E-state index in [1.165, 1.54) is 0 Å². The molecule has 2 aromatic rings. The van der Waals surface area contributed by atoms with Gasteiger partial charge in [-0.2, -0.15) is 0 Å². The van der Waals surface area contributed by atoms with Gasteiger partial charge in [0.1, 0.15) is 5.75 Å². The summed E-state index contributed by atoms with van der Waals surface area (Å²) in [6.07, 6.45) is 2.27. The normalized spacial score (nSPS) is 23.4. The van der Waals surface area contributed by atoms with Gasteiger partial charge in [-0.05, 0) is 43.0 Å². The summed E-state index contributed by atoms with van der Waals surface area (Å²) in [6.45, 7) is 4.56. The molecule has 4 rings (SSSR count). The van der Waals surface area contributed by atoms with Crippen molar-refractivity contribution >= 4 is 17.6 Å². The third-order valence-electron chi connectivity index (χ3n) is 5.80. The topological polar surface area (TPSA) is 75.6 Å². The van der Waals surface area contributed by atoms with Gasteiger partial charge < -0.3 is 15.2 Å². The van der Waals surface area contributed by atoms with E-state index in [-0.39, 0.29) is 30.0 Å². The molecule has 1 aliphatic heterocycles. The second-order valence-electron chi connectivity index (χ2n) is 7.81. The Kier molecular flexibility index (Phi) is 4.67. The van der Waals surface area contributed by atoms with Crippen molar-refractivity contribution in [3.63, 3.8) is 0 Å². The molecule has 0 spiro atoms. The van der Waals surface area contributed by atoms with Crippen molar-refractivity contribution in [2.75, 3.05) is 11.9 Å². The molecular weight excluding hydrogens is 354 g/mol. The molecule has 1 saturated carbocycles. The van der Waals surface area contributed by atoms with E-state index in [0.29, 0.717) is 30.7 Å². The van der Waals surface area contributed by atoms with Gasteiger partial charge in [0.2, 0.25) is 5.91 Å². The number of ether oxygens (including phenoxy) is 1. The van der Waals surface area contributed by atoms with Gasteiger partial charge in [-0.3, -0.25) is 9.59 Å². The molecule has 0 bridgehead atoms. The molecule has 2 aromatic carbocycles. The van der Waals surface area contributed by atoms with Gasteiger partial charge in [-0.15, -0.1) is 0 Å². The molecule has 2 fully saturated rings. The van der Waals surface area contributed by atoms with Crippen molar-refractivity contribution < 1.29 is 19.4 Å². The highest BCUT2D eigenvalue weighted by Crippen LogP contribution is 2.52. The molecule has 1 amide bonds. The van der Waals surface area contributed by atoms with Crippen LogP contribution in [-0.2, 0) is 27.2 Å². The molecule has 2 unspecified atom stereocenters. The average Bonchev–Trinajstić information content (AvgIpc) is 3.13. The number of para-hydroxylation sites is 1. The van der Waals surface area contributed by atoms with Crippen LogP contribution >= 0.6 is 0 Å². The summed E-state index contributed by atoms with van der Waals surface area (Å²) in [6, 6.07) is 14.4. The van der Waals surface area contributed by atoms with Crippen LogP contribution in [0.2, 0.25) is 0 Å². The summed E-state index contributed by atoms with van der Waals surface area (Å²) < 4.78 is 5.33. The monoisotopic (exact) mass is 377 g/mol. The summed E-state index contributed by atoms with van der Waals surface area (Å²) in [5.41, 5.74) is 2.95. The molecule has 2 aliphatic rings. The van der Waals surface area contributed by atoms with E-state index in [2.05, 4.69) is 11.9 Å². The number of carbonyl (C=O) groups excluding carboxylic acids is 2. The predicted octanol–water partition coefficient (Wildman–Crippen LogP) is 3.63. The Morgan fingerprint density at radius 1 is 1.21 bits per heavy atom. The number of cyclic esters (lactones) is 1. The predicted molar refractivity (Wildman–Crippen MR) is 106 cm³/mol. The van der Waals surface area contributed by atoms with Crippen molar-refractivity contribution in [1.82, 2.24) is 0 Å². The highest BCUT2D eigenvalue weighted by Gasteiger charge is 2.55. The maximum Gasteiger partial charge on any atom is 0.313 e. The van der Waals surface area contributed by atoms with Gasteiger partial charge in [-0.1, -0.05) is 42.5 Å². The molecule has 0 aromatic heterocycles. The Balaban J connectivity index is 1.42. The zero-order valence-electron chi connectivity index (χ0n) is 15.6. The second kappa shape index (κ2) is 7.15.